The van der Waals surface area contributed by atoms with Crippen LogP contribution in [0.3, 0.4) is 0 Å². The molecule has 1 aliphatic rings. The average molecular weight is 534 g/mol. The van der Waals surface area contributed by atoms with Gasteiger partial charge in [-0.1, -0.05) is 0 Å². The Morgan fingerprint density at radius 1 is 1.08 bits per heavy atom. The Balaban J connectivity index is 1.13. The lowest BCUT2D eigenvalue weighted by atomic mass is 10.1. The second kappa shape index (κ2) is 10.7. The Labute approximate surface area is 220 Å². The standard InChI is InChI=1S/C25H24FN9O2S/c26-17-3-1-16(2-4-17)19-7-8-22-31-32-25(35(22)33-19)38-18-5-6-20-21(15-18)29-23(28-20)30-24(36)27-9-10-34-11-13-37-14-12-34/h1-8,15H,9-14H2,(H3,27,28,29,30,36). The Kier molecular flexibility index (Phi) is 6.86. The van der Waals surface area contributed by atoms with Gasteiger partial charge in [0.1, 0.15) is 5.82 Å². The summed E-state index contributed by atoms with van der Waals surface area (Å²) in [6.07, 6.45) is 0. The fourth-order valence-electron chi connectivity index (χ4n) is 4.13. The predicted octanol–water partition coefficient (Wildman–Crippen LogP) is 3.41. The summed E-state index contributed by atoms with van der Waals surface area (Å²) in [6.45, 7) is 4.52. The van der Waals surface area contributed by atoms with Crippen LogP contribution in [0.2, 0.25) is 0 Å². The van der Waals surface area contributed by atoms with E-state index in [1.54, 1.807) is 16.6 Å². The molecular formula is C25H24FN9O2S. The van der Waals surface area contributed by atoms with Gasteiger partial charge in [0.2, 0.25) is 11.1 Å². The lowest BCUT2D eigenvalue weighted by molar-refractivity contribution is 0.0388. The van der Waals surface area contributed by atoms with Crippen molar-refractivity contribution < 1.29 is 13.9 Å². The van der Waals surface area contributed by atoms with Crippen LogP contribution in [0.25, 0.3) is 27.9 Å². The van der Waals surface area contributed by atoms with Crippen molar-refractivity contribution in [2.24, 2.45) is 0 Å². The Morgan fingerprint density at radius 3 is 2.76 bits per heavy atom. The maximum atomic E-state index is 13.3. The number of imidazole rings is 1. The minimum atomic E-state index is -0.315. The first-order valence-corrected chi connectivity index (χ1v) is 12.9. The van der Waals surface area contributed by atoms with Crippen LogP contribution in [-0.2, 0) is 4.74 Å². The van der Waals surface area contributed by atoms with E-state index in [1.807, 2.05) is 30.3 Å². The predicted molar refractivity (Wildman–Crippen MR) is 141 cm³/mol. The van der Waals surface area contributed by atoms with E-state index in [0.717, 1.165) is 54.3 Å². The maximum Gasteiger partial charge on any atom is 0.321 e. The van der Waals surface area contributed by atoms with Gasteiger partial charge >= 0.3 is 6.03 Å². The molecule has 1 aliphatic heterocycles. The van der Waals surface area contributed by atoms with Crippen molar-refractivity contribution in [2.75, 3.05) is 44.7 Å². The average Bonchev–Trinajstić information content (AvgIpc) is 3.52. The molecule has 0 atom stereocenters. The third kappa shape index (κ3) is 5.44. The molecule has 1 saturated heterocycles. The molecule has 0 bridgehead atoms. The highest BCUT2D eigenvalue weighted by molar-refractivity contribution is 7.99. The lowest BCUT2D eigenvalue weighted by Gasteiger charge is -2.26. The molecule has 5 aromatic rings. The van der Waals surface area contributed by atoms with Gasteiger partial charge in [0, 0.05) is 36.6 Å². The topological polar surface area (TPSA) is 125 Å². The number of halogens is 1. The number of fused-ring (bicyclic) bond motifs is 2. The number of carbonyl (C=O) groups is 1. The number of nitrogens with one attached hydrogen (secondary N) is 3. The molecule has 2 amide bonds. The number of amides is 2. The van der Waals surface area contributed by atoms with E-state index in [-0.39, 0.29) is 11.8 Å². The molecule has 13 heteroatoms. The van der Waals surface area contributed by atoms with Crippen LogP contribution >= 0.6 is 11.8 Å². The molecule has 4 heterocycles. The van der Waals surface area contributed by atoms with Crippen LogP contribution in [-0.4, -0.2) is 80.1 Å². The molecule has 0 unspecified atom stereocenters. The molecule has 38 heavy (non-hydrogen) atoms. The summed E-state index contributed by atoms with van der Waals surface area (Å²) in [5.41, 5.74) is 3.57. The second-order valence-electron chi connectivity index (χ2n) is 8.68. The van der Waals surface area contributed by atoms with Crippen molar-refractivity contribution in [2.45, 2.75) is 10.1 Å². The summed E-state index contributed by atoms with van der Waals surface area (Å²) in [5.74, 6) is 0.0666. The zero-order valence-corrected chi connectivity index (χ0v) is 21.0. The number of carbonyl (C=O) groups excluding carboxylic acids is 1. The molecule has 0 saturated carbocycles. The van der Waals surface area contributed by atoms with Crippen LogP contribution in [0.4, 0.5) is 15.1 Å². The number of benzene rings is 2. The van der Waals surface area contributed by atoms with Gasteiger partial charge in [-0.2, -0.15) is 9.61 Å². The normalized spacial score (nSPS) is 14.2. The summed E-state index contributed by atoms with van der Waals surface area (Å²) in [6, 6.07) is 15.2. The molecule has 1 fully saturated rings. The lowest BCUT2D eigenvalue weighted by Crippen LogP contribution is -2.42. The first-order valence-electron chi connectivity index (χ1n) is 12.1. The first kappa shape index (κ1) is 24.3. The minimum Gasteiger partial charge on any atom is -0.379 e. The summed E-state index contributed by atoms with van der Waals surface area (Å²) in [4.78, 5) is 23.1. The maximum absolute atomic E-state index is 13.3. The summed E-state index contributed by atoms with van der Waals surface area (Å²) in [5, 5.41) is 19.3. The van der Waals surface area contributed by atoms with Crippen molar-refractivity contribution in [1.29, 1.82) is 0 Å². The first-order chi connectivity index (χ1) is 18.6. The number of aromatic amines is 1. The van der Waals surface area contributed by atoms with E-state index in [1.165, 1.54) is 23.9 Å². The van der Waals surface area contributed by atoms with E-state index in [2.05, 4.69) is 40.8 Å². The highest BCUT2D eigenvalue weighted by Gasteiger charge is 2.14. The van der Waals surface area contributed by atoms with E-state index < -0.39 is 0 Å². The molecule has 11 nitrogen and oxygen atoms in total. The van der Waals surface area contributed by atoms with Crippen LogP contribution in [0.5, 0.6) is 0 Å². The Hall–Kier alpha value is -4.07. The van der Waals surface area contributed by atoms with E-state index in [0.29, 0.717) is 29.0 Å². The smallest absolute Gasteiger partial charge is 0.321 e. The van der Waals surface area contributed by atoms with E-state index in [4.69, 9.17) is 4.74 Å². The molecule has 6 rings (SSSR count). The number of nitrogens with zero attached hydrogens (tertiary/aromatic N) is 6. The van der Waals surface area contributed by atoms with Crippen molar-refractivity contribution >= 4 is 40.4 Å². The fraction of sp³-hybridized carbons (Fsp3) is 0.240. The minimum absolute atomic E-state index is 0.299. The van der Waals surface area contributed by atoms with Crippen molar-refractivity contribution in [3.63, 3.8) is 0 Å². The molecule has 0 spiro atoms. The van der Waals surface area contributed by atoms with Gasteiger partial charge in [-0.25, -0.2) is 14.2 Å². The number of hydrogen-bond acceptors (Lipinski definition) is 8. The van der Waals surface area contributed by atoms with Crippen LogP contribution < -0.4 is 10.6 Å². The number of hydrogen-bond donors (Lipinski definition) is 3. The Morgan fingerprint density at radius 2 is 1.92 bits per heavy atom. The van der Waals surface area contributed by atoms with Crippen molar-refractivity contribution in [1.82, 2.24) is 40.0 Å². The third-order valence-corrected chi connectivity index (χ3v) is 7.01. The SMILES string of the molecule is O=C(NCCN1CCOCC1)Nc1nc2ccc(Sc3nnc4ccc(-c5ccc(F)cc5)nn34)cc2[nH]1. The molecule has 0 radical (unpaired) electrons. The van der Waals surface area contributed by atoms with Crippen LogP contribution in [0, 0.1) is 5.82 Å². The van der Waals surface area contributed by atoms with E-state index in [9.17, 15) is 9.18 Å². The number of aromatic nitrogens is 6. The summed E-state index contributed by atoms with van der Waals surface area (Å²) < 4.78 is 20.3. The molecular weight excluding hydrogens is 509 g/mol. The third-order valence-electron chi connectivity index (χ3n) is 6.09. The second-order valence-corrected chi connectivity index (χ2v) is 9.72. The van der Waals surface area contributed by atoms with Gasteiger partial charge in [-0.15, -0.1) is 10.2 Å². The quantitative estimate of drug-likeness (QED) is 0.291. The largest absolute Gasteiger partial charge is 0.379 e. The van der Waals surface area contributed by atoms with Gasteiger partial charge in [0.05, 0.1) is 29.9 Å². The summed E-state index contributed by atoms with van der Waals surface area (Å²) >= 11 is 1.40. The summed E-state index contributed by atoms with van der Waals surface area (Å²) in [7, 11) is 0. The van der Waals surface area contributed by atoms with Gasteiger partial charge in [-0.05, 0) is 66.4 Å². The van der Waals surface area contributed by atoms with Crippen molar-refractivity contribution in [3.05, 3.63) is 60.4 Å². The monoisotopic (exact) mass is 533 g/mol. The van der Waals surface area contributed by atoms with Gasteiger partial charge < -0.3 is 15.0 Å². The highest BCUT2D eigenvalue weighted by atomic mass is 32.2. The zero-order chi connectivity index (χ0) is 25.9. The Bertz CT molecular complexity index is 1580. The van der Waals surface area contributed by atoms with Crippen molar-refractivity contribution in [3.8, 4) is 11.3 Å². The van der Waals surface area contributed by atoms with Gasteiger partial charge in [-0.3, -0.25) is 10.2 Å². The zero-order valence-electron chi connectivity index (χ0n) is 20.2. The van der Waals surface area contributed by atoms with Crippen LogP contribution in [0.1, 0.15) is 0 Å². The molecule has 3 aromatic heterocycles. The fourth-order valence-corrected chi connectivity index (χ4v) is 4.95. The number of urea groups is 1. The number of H-pyrrole nitrogens is 1. The highest BCUT2D eigenvalue weighted by Crippen LogP contribution is 2.29. The number of ether oxygens (including phenoxy) is 1. The molecule has 0 aliphatic carbocycles. The molecule has 194 valence electrons. The number of rotatable bonds is 7. The number of morpholine rings is 1. The number of anilines is 1. The molecule has 2 aromatic carbocycles. The molecule has 3 N–H and O–H groups in total. The van der Waals surface area contributed by atoms with Gasteiger partial charge in [0.15, 0.2) is 5.65 Å². The van der Waals surface area contributed by atoms with Gasteiger partial charge in [0.25, 0.3) is 0 Å². The van der Waals surface area contributed by atoms with Crippen LogP contribution in [0.15, 0.2) is 64.6 Å². The van der Waals surface area contributed by atoms with E-state index >= 15 is 0 Å².